The Morgan fingerprint density at radius 2 is 2.31 bits per heavy atom. The molecule has 0 spiro atoms. The molecule has 88 valence electrons. The second-order valence-corrected chi connectivity index (χ2v) is 3.62. The van der Waals surface area contributed by atoms with Crippen LogP contribution in [0.1, 0.15) is 18.0 Å². The maximum absolute atomic E-state index is 13.6. The van der Waals surface area contributed by atoms with E-state index in [9.17, 15) is 9.18 Å². The first-order valence-electron chi connectivity index (χ1n) is 4.46. The lowest BCUT2D eigenvalue weighted by atomic mass is 10.0. The highest BCUT2D eigenvalue weighted by molar-refractivity contribution is 6.31. The lowest BCUT2D eigenvalue weighted by molar-refractivity contribution is -0.137. The van der Waals surface area contributed by atoms with Crippen LogP contribution in [0.15, 0.2) is 12.1 Å². The van der Waals surface area contributed by atoms with Gasteiger partial charge in [-0.25, -0.2) is 4.39 Å². The summed E-state index contributed by atoms with van der Waals surface area (Å²) >= 11 is 5.62. The number of carbonyl (C=O) groups is 1. The molecule has 6 heteroatoms. The summed E-state index contributed by atoms with van der Waals surface area (Å²) in [4.78, 5) is 10.5. The first kappa shape index (κ1) is 12.7. The van der Waals surface area contributed by atoms with Gasteiger partial charge in [0.05, 0.1) is 18.6 Å². The van der Waals surface area contributed by atoms with Crippen LogP contribution >= 0.6 is 11.6 Å². The monoisotopic (exact) mass is 247 g/mol. The molecule has 1 rings (SSSR count). The molecule has 0 heterocycles. The van der Waals surface area contributed by atoms with Crippen LogP contribution in [0.4, 0.5) is 4.39 Å². The van der Waals surface area contributed by atoms with Gasteiger partial charge in [-0.3, -0.25) is 4.79 Å². The van der Waals surface area contributed by atoms with Gasteiger partial charge >= 0.3 is 5.97 Å². The van der Waals surface area contributed by atoms with E-state index in [0.717, 1.165) is 0 Å². The van der Waals surface area contributed by atoms with E-state index in [1.165, 1.54) is 19.2 Å². The Hall–Kier alpha value is -1.33. The summed E-state index contributed by atoms with van der Waals surface area (Å²) in [7, 11) is 1.40. The number of hydrogen-bond acceptors (Lipinski definition) is 3. The van der Waals surface area contributed by atoms with Gasteiger partial charge in [0.2, 0.25) is 0 Å². The summed E-state index contributed by atoms with van der Waals surface area (Å²) in [6.45, 7) is 0. The second kappa shape index (κ2) is 5.14. The average molecular weight is 248 g/mol. The van der Waals surface area contributed by atoms with Gasteiger partial charge in [-0.1, -0.05) is 11.6 Å². The molecule has 1 unspecified atom stereocenters. The zero-order valence-electron chi connectivity index (χ0n) is 8.54. The van der Waals surface area contributed by atoms with Gasteiger partial charge in [0.1, 0.15) is 11.6 Å². The molecule has 1 aromatic carbocycles. The predicted octanol–water partition coefficient (Wildman–Crippen LogP) is 1.96. The molecule has 0 aliphatic heterocycles. The minimum Gasteiger partial charge on any atom is -0.497 e. The lowest BCUT2D eigenvalue weighted by Gasteiger charge is -2.13. The largest absolute Gasteiger partial charge is 0.497 e. The molecule has 0 saturated heterocycles. The predicted molar refractivity (Wildman–Crippen MR) is 57.1 cm³/mol. The van der Waals surface area contributed by atoms with E-state index in [1.54, 1.807) is 0 Å². The van der Waals surface area contributed by atoms with Crippen molar-refractivity contribution in [2.24, 2.45) is 5.73 Å². The number of nitrogens with two attached hydrogens (primary N) is 1. The minimum absolute atomic E-state index is 0.0340. The number of hydrogen-bond donors (Lipinski definition) is 2. The van der Waals surface area contributed by atoms with Crippen molar-refractivity contribution >= 4 is 17.6 Å². The Bertz CT molecular complexity index is 411. The highest BCUT2D eigenvalue weighted by Gasteiger charge is 2.18. The zero-order valence-corrected chi connectivity index (χ0v) is 9.29. The van der Waals surface area contributed by atoms with E-state index in [1.807, 2.05) is 0 Å². The van der Waals surface area contributed by atoms with Crippen molar-refractivity contribution < 1.29 is 19.0 Å². The molecule has 0 fully saturated rings. The molecule has 1 atom stereocenters. The SMILES string of the molecule is COc1cc(Cl)c(F)c(C(N)CC(=O)O)c1. The number of methoxy groups -OCH3 is 1. The normalized spacial score (nSPS) is 12.2. The van der Waals surface area contributed by atoms with Crippen molar-refractivity contribution in [3.63, 3.8) is 0 Å². The van der Waals surface area contributed by atoms with Gasteiger partial charge in [0.25, 0.3) is 0 Å². The molecule has 0 aliphatic carbocycles. The molecular weight excluding hydrogens is 237 g/mol. The average Bonchev–Trinajstić information content (AvgIpc) is 2.20. The number of halogens is 2. The Balaban J connectivity index is 3.10. The first-order chi connectivity index (χ1) is 7.45. The third-order valence-electron chi connectivity index (χ3n) is 2.06. The number of benzene rings is 1. The van der Waals surface area contributed by atoms with Crippen LogP contribution in [0, 0.1) is 5.82 Å². The van der Waals surface area contributed by atoms with Crippen LogP contribution in [-0.2, 0) is 4.79 Å². The number of carboxylic acid groups (broad SMARTS) is 1. The molecule has 0 saturated carbocycles. The van der Waals surface area contributed by atoms with Gasteiger partial charge in [-0.15, -0.1) is 0 Å². The molecule has 4 nitrogen and oxygen atoms in total. The highest BCUT2D eigenvalue weighted by atomic mass is 35.5. The number of aliphatic carboxylic acids is 1. The Labute approximate surface area is 96.8 Å². The number of carboxylic acids is 1. The van der Waals surface area contributed by atoms with Gasteiger partial charge < -0.3 is 15.6 Å². The van der Waals surface area contributed by atoms with Crippen molar-refractivity contribution in [1.29, 1.82) is 0 Å². The van der Waals surface area contributed by atoms with Crippen molar-refractivity contribution in [3.05, 3.63) is 28.5 Å². The third-order valence-corrected chi connectivity index (χ3v) is 2.33. The van der Waals surface area contributed by atoms with E-state index in [4.69, 9.17) is 27.2 Å². The van der Waals surface area contributed by atoms with Gasteiger partial charge in [0.15, 0.2) is 0 Å². The molecule has 0 bridgehead atoms. The van der Waals surface area contributed by atoms with Crippen LogP contribution in [0.25, 0.3) is 0 Å². The smallest absolute Gasteiger partial charge is 0.305 e. The molecule has 1 aromatic rings. The fraction of sp³-hybridized carbons (Fsp3) is 0.300. The first-order valence-corrected chi connectivity index (χ1v) is 4.83. The van der Waals surface area contributed by atoms with Crippen LogP contribution in [-0.4, -0.2) is 18.2 Å². The molecule has 0 amide bonds. The van der Waals surface area contributed by atoms with Crippen LogP contribution in [0.5, 0.6) is 5.75 Å². The molecule has 0 aromatic heterocycles. The van der Waals surface area contributed by atoms with Crippen LogP contribution in [0.3, 0.4) is 0 Å². The fourth-order valence-electron chi connectivity index (χ4n) is 1.27. The summed E-state index contributed by atoms with van der Waals surface area (Å²) in [6, 6.07) is 1.69. The summed E-state index contributed by atoms with van der Waals surface area (Å²) in [5.41, 5.74) is 5.59. The molecule has 16 heavy (non-hydrogen) atoms. The molecule has 0 radical (unpaired) electrons. The topological polar surface area (TPSA) is 72.5 Å². The van der Waals surface area contributed by atoms with E-state index in [-0.39, 0.29) is 17.0 Å². The minimum atomic E-state index is -1.11. The summed E-state index contributed by atoms with van der Waals surface area (Å²) in [6.07, 6.45) is -0.375. The van der Waals surface area contributed by atoms with Gasteiger partial charge in [0, 0.05) is 17.7 Å². The molecular formula is C10H11ClFNO3. The summed E-state index contributed by atoms with van der Waals surface area (Å²) in [5.74, 6) is -1.48. The Morgan fingerprint density at radius 3 is 2.81 bits per heavy atom. The lowest BCUT2D eigenvalue weighted by Crippen LogP contribution is -2.16. The van der Waals surface area contributed by atoms with Gasteiger partial charge in [-0.05, 0) is 6.07 Å². The summed E-state index contributed by atoms with van der Waals surface area (Å²) in [5, 5.41) is 8.42. The molecule has 0 aliphatic rings. The quantitative estimate of drug-likeness (QED) is 0.853. The Kier molecular flexibility index (Phi) is 4.09. The fourth-order valence-corrected chi connectivity index (χ4v) is 1.49. The maximum atomic E-state index is 13.6. The van der Waals surface area contributed by atoms with Crippen molar-refractivity contribution in [3.8, 4) is 5.75 Å². The summed E-state index contributed by atoms with van der Waals surface area (Å²) < 4.78 is 18.5. The maximum Gasteiger partial charge on any atom is 0.305 e. The van der Waals surface area contributed by atoms with Gasteiger partial charge in [-0.2, -0.15) is 0 Å². The highest BCUT2D eigenvalue weighted by Crippen LogP contribution is 2.29. The van der Waals surface area contributed by atoms with Crippen molar-refractivity contribution in [2.45, 2.75) is 12.5 Å². The Morgan fingerprint density at radius 1 is 1.69 bits per heavy atom. The number of rotatable bonds is 4. The van der Waals surface area contributed by atoms with E-state index in [0.29, 0.717) is 5.75 Å². The molecule has 3 N–H and O–H groups in total. The van der Waals surface area contributed by atoms with E-state index >= 15 is 0 Å². The van der Waals surface area contributed by atoms with Crippen molar-refractivity contribution in [2.75, 3.05) is 7.11 Å². The van der Waals surface area contributed by atoms with Crippen LogP contribution < -0.4 is 10.5 Å². The second-order valence-electron chi connectivity index (χ2n) is 3.22. The van der Waals surface area contributed by atoms with E-state index in [2.05, 4.69) is 0 Å². The van der Waals surface area contributed by atoms with E-state index < -0.39 is 17.8 Å². The van der Waals surface area contributed by atoms with Crippen LogP contribution in [0.2, 0.25) is 5.02 Å². The zero-order chi connectivity index (χ0) is 12.3. The number of ether oxygens (including phenoxy) is 1. The third kappa shape index (κ3) is 2.84. The standard InChI is InChI=1S/C10H11ClFNO3/c1-16-5-2-6(8(13)4-9(14)15)10(12)7(11)3-5/h2-3,8H,4,13H2,1H3,(H,14,15). The van der Waals surface area contributed by atoms with Crippen molar-refractivity contribution in [1.82, 2.24) is 0 Å².